The van der Waals surface area contributed by atoms with Crippen molar-refractivity contribution in [3.63, 3.8) is 0 Å². The molecular weight excluding hydrogens is 220 g/mol. The van der Waals surface area contributed by atoms with Crippen LogP contribution in [0.25, 0.3) is 0 Å². The van der Waals surface area contributed by atoms with Crippen LogP contribution in [0.3, 0.4) is 0 Å². The molecule has 0 atom stereocenters. The van der Waals surface area contributed by atoms with Gasteiger partial charge in [-0.15, -0.1) is 5.10 Å². The van der Waals surface area contributed by atoms with E-state index in [0.29, 0.717) is 11.7 Å². The van der Waals surface area contributed by atoms with Gasteiger partial charge in [-0.25, -0.2) is 4.98 Å². The van der Waals surface area contributed by atoms with E-state index in [-0.39, 0.29) is 0 Å². The van der Waals surface area contributed by atoms with Crippen LogP contribution in [0.2, 0.25) is 5.15 Å². The third kappa shape index (κ3) is 2.40. The summed E-state index contributed by atoms with van der Waals surface area (Å²) in [5.41, 5.74) is 0.900. The number of pyridine rings is 1. The van der Waals surface area contributed by atoms with Crippen LogP contribution in [0.5, 0.6) is 0 Å². The summed E-state index contributed by atoms with van der Waals surface area (Å²) in [4.78, 5) is 4.08. The van der Waals surface area contributed by atoms with Gasteiger partial charge in [0.1, 0.15) is 11.0 Å². The Morgan fingerprint density at radius 3 is 3.07 bits per heavy atom. The number of nitrogens with zero attached hydrogens (tertiary/aromatic N) is 3. The molecule has 0 amide bonds. The van der Waals surface area contributed by atoms with Crippen LogP contribution in [0.1, 0.15) is 5.69 Å². The summed E-state index contributed by atoms with van der Waals surface area (Å²) in [6, 6.07) is 5.43. The summed E-state index contributed by atoms with van der Waals surface area (Å²) in [7, 11) is 0. The highest BCUT2D eigenvalue weighted by molar-refractivity contribution is 7.03. The summed E-state index contributed by atoms with van der Waals surface area (Å²) in [5.74, 6) is 0.741. The standard InChI is InChI=1S/C8H7ClN4S/c9-7-2-1-3-8(11-7)10-4-6-5-14-13-12-6/h1-3,5H,4H2,(H,10,11). The van der Waals surface area contributed by atoms with Crippen molar-refractivity contribution in [1.82, 2.24) is 14.6 Å². The summed E-state index contributed by atoms with van der Waals surface area (Å²) in [5, 5.41) is 9.36. The molecule has 2 heterocycles. The van der Waals surface area contributed by atoms with Crippen LogP contribution in [0.4, 0.5) is 5.82 Å². The molecule has 0 aliphatic rings. The first-order valence-electron chi connectivity index (χ1n) is 3.97. The molecule has 2 aromatic heterocycles. The van der Waals surface area contributed by atoms with Gasteiger partial charge in [0.25, 0.3) is 0 Å². The van der Waals surface area contributed by atoms with E-state index in [9.17, 15) is 0 Å². The first kappa shape index (κ1) is 9.36. The molecule has 0 aromatic carbocycles. The second-order valence-corrected chi connectivity index (χ2v) is 3.59. The fourth-order valence-electron chi connectivity index (χ4n) is 0.949. The summed E-state index contributed by atoms with van der Waals surface area (Å²) in [6.07, 6.45) is 0. The van der Waals surface area contributed by atoms with Crippen LogP contribution in [-0.4, -0.2) is 14.6 Å². The maximum Gasteiger partial charge on any atom is 0.131 e. The van der Waals surface area contributed by atoms with Crippen molar-refractivity contribution >= 4 is 29.0 Å². The molecule has 2 aromatic rings. The van der Waals surface area contributed by atoms with Gasteiger partial charge < -0.3 is 5.32 Å². The predicted octanol–water partition coefficient (Wildman–Crippen LogP) is 2.20. The van der Waals surface area contributed by atoms with E-state index in [1.54, 1.807) is 6.07 Å². The smallest absolute Gasteiger partial charge is 0.131 e. The lowest BCUT2D eigenvalue weighted by Crippen LogP contribution is -2.01. The predicted molar refractivity (Wildman–Crippen MR) is 56.5 cm³/mol. The van der Waals surface area contributed by atoms with Gasteiger partial charge in [-0.1, -0.05) is 22.2 Å². The topological polar surface area (TPSA) is 50.7 Å². The average Bonchev–Trinajstić information content (AvgIpc) is 2.67. The van der Waals surface area contributed by atoms with Gasteiger partial charge in [0, 0.05) is 5.38 Å². The number of hydrogen-bond donors (Lipinski definition) is 1. The van der Waals surface area contributed by atoms with Crippen LogP contribution in [0.15, 0.2) is 23.6 Å². The molecule has 72 valence electrons. The van der Waals surface area contributed by atoms with Crippen LogP contribution >= 0.6 is 23.1 Å². The van der Waals surface area contributed by atoms with Crippen molar-refractivity contribution in [1.29, 1.82) is 0 Å². The lowest BCUT2D eigenvalue weighted by Gasteiger charge is -2.02. The first-order valence-corrected chi connectivity index (χ1v) is 5.18. The van der Waals surface area contributed by atoms with Gasteiger partial charge >= 0.3 is 0 Å². The highest BCUT2D eigenvalue weighted by Gasteiger charge is 1.97. The first-order chi connectivity index (χ1) is 6.84. The number of hydrogen-bond acceptors (Lipinski definition) is 5. The number of anilines is 1. The molecule has 0 saturated carbocycles. The fraction of sp³-hybridized carbons (Fsp3) is 0.125. The van der Waals surface area contributed by atoms with Gasteiger partial charge in [0.05, 0.1) is 12.2 Å². The minimum absolute atomic E-state index is 0.478. The minimum atomic E-state index is 0.478. The lowest BCUT2D eigenvalue weighted by atomic mass is 10.4. The highest BCUT2D eigenvalue weighted by Crippen LogP contribution is 2.10. The zero-order valence-corrected chi connectivity index (χ0v) is 8.72. The lowest BCUT2D eigenvalue weighted by molar-refractivity contribution is 0.989. The quantitative estimate of drug-likeness (QED) is 0.816. The molecule has 0 saturated heterocycles. The summed E-state index contributed by atoms with van der Waals surface area (Å²) in [6.45, 7) is 0.615. The van der Waals surface area contributed by atoms with Crippen molar-refractivity contribution in [2.75, 3.05) is 5.32 Å². The van der Waals surface area contributed by atoms with E-state index in [1.165, 1.54) is 11.5 Å². The van der Waals surface area contributed by atoms with Gasteiger partial charge in [-0.05, 0) is 23.7 Å². The molecule has 0 spiro atoms. The van der Waals surface area contributed by atoms with E-state index in [1.807, 2.05) is 17.5 Å². The second kappa shape index (κ2) is 4.34. The third-order valence-electron chi connectivity index (χ3n) is 1.57. The van der Waals surface area contributed by atoms with Gasteiger partial charge in [-0.3, -0.25) is 0 Å². The second-order valence-electron chi connectivity index (χ2n) is 2.60. The van der Waals surface area contributed by atoms with E-state index in [2.05, 4.69) is 19.9 Å². The fourth-order valence-corrected chi connectivity index (χ4v) is 1.56. The summed E-state index contributed by atoms with van der Waals surface area (Å²) >= 11 is 7.06. The van der Waals surface area contributed by atoms with E-state index < -0.39 is 0 Å². The molecule has 14 heavy (non-hydrogen) atoms. The maximum absolute atomic E-state index is 5.73. The monoisotopic (exact) mass is 226 g/mol. The van der Waals surface area contributed by atoms with E-state index in [4.69, 9.17) is 11.6 Å². The summed E-state index contributed by atoms with van der Waals surface area (Å²) < 4.78 is 3.76. The van der Waals surface area contributed by atoms with Crippen LogP contribution < -0.4 is 5.32 Å². The average molecular weight is 227 g/mol. The van der Waals surface area contributed by atoms with Crippen molar-refractivity contribution in [3.8, 4) is 0 Å². The Kier molecular flexibility index (Phi) is 2.90. The minimum Gasteiger partial charge on any atom is -0.364 e. The van der Waals surface area contributed by atoms with Gasteiger partial charge in [0.15, 0.2) is 0 Å². The van der Waals surface area contributed by atoms with Crippen molar-refractivity contribution in [3.05, 3.63) is 34.4 Å². The van der Waals surface area contributed by atoms with Crippen molar-refractivity contribution < 1.29 is 0 Å². The van der Waals surface area contributed by atoms with E-state index in [0.717, 1.165) is 11.5 Å². The highest BCUT2D eigenvalue weighted by atomic mass is 35.5. The molecule has 0 aliphatic carbocycles. The van der Waals surface area contributed by atoms with Gasteiger partial charge in [-0.2, -0.15) is 0 Å². The number of rotatable bonds is 3. The largest absolute Gasteiger partial charge is 0.364 e. The maximum atomic E-state index is 5.73. The molecule has 6 heteroatoms. The normalized spacial score (nSPS) is 10.1. The number of nitrogens with one attached hydrogen (secondary N) is 1. The van der Waals surface area contributed by atoms with Gasteiger partial charge in [0.2, 0.25) is 0 Å². The molecule has 0 unspecified atom stereocenters. The molecule has 0 bridgehead atoms. The Morgan fingerprint density at radius 1 is 1.43 bits per heavy atom. The van der Waals surface area contributed by atoms with Crippen LogP contribution in [0, 0.1) is 0 Å². The zero-order chi connectivity index (χ0) is 9.80. The Bertz CT molecular complexity index is 403. The SMILES string of the molecule is Clc1cccc(NCc2csnn2)n1. The Labute approximate surface area is 90.1 Å². The van der Waals surface area contributed by atoms with Crippen molar-refractivity contribution in [2.45, 2.75) is 6.54 Å². The number of aromatic nitrogens is 3. The Balaban J connectivity index is 1.98. The zero-order valence-electron chi connectivity index (χ0n) is 7.14. The van der Waals surface area contributed by atoms with Crippen molar-refractivity contribution in [2.24, 2.45) is 0 Å². The molecule has 0 radical (unpaired) electrons. The molecule has 2 rings (SSSR count). The molecule has 0 aliphatic heterocycles. The Hall–Kier alpha value is -1.20. The molecule has 0 fully saturated rings. The molecule has 1 N–H and O–H groups in total. The number of halogens is 1. The molecule has 4 nitrogen and oxygen atoms in total. The third-order valence-corrected chi connectivity index (χ3v) is 2.33. The van der Waals surface area contributed by atoms with E-state index >= 15 is 0 Å². The van der Waals surface area contributed by atoms with Crippen LogP contribution in [-0.2, 0) is 6.54 Å². The Morgan fingerprint density at radius 2 is 2.36 bits per heavy atom. The molecular formula is C8H7ClN4S.